The molecule has 0 bridgehead atoms. The first kappa shape index (κ1) is 6.43. The SMILES string of the molecule is C=CN=NSC=C. The highest BCUT2D eigenvalue weighted by Crippen LogP contribution is 2.00. The van der Waals surface area contributed by atoms with E-state index in [4.69, 9.17) is 0 Å². The standard InChI is InChI=1S/C4H6N2S/c1-3-5-6-7-4-2/h3-4H,1-2H2. The van der Waals surface area contributed by atoms with E-state index < -0.39 is 0 Å². The van der Waals surface area contributed by atoms with Crippen molar-refractivity contribution < 1.29 is 0 Å². The van der Waals surface area contributed by atoms with Crippen LogP contribution in [0.2, 0.25) is 0 Å². The second-order valence-corrected chi connectivity index (χ2v) is 1.36. The van der Waals surface area contributed by atoms with Crippen LogP contribution in [0.15, 0.2) is 34.4 Å². The first-order valence-corrected chi connectivity index (χ1v) is 2.53. The molecule has 0 fully saturated rings. The summed E-state index contributed by atoms with van der Waals surface area (Å²) in [5, 5.41) is 5.03. The Bertz CT molecular complexity index is 87.7. The highest BCUT2D eigenvalue weighted by Gasteiger charge is 1.61. The maximum absolute atomic E-state index is 3.51. The lowest BCUT2D eigenvalue weighted by Gasteiger charge is -1.70. The van der Waals surface area contributed by atoms with Crippen LogP contribution in [0.25, 0.3) is 0 Å². The lowest BCUT2D eigenvalue weighted by atomic mass is 11.1. The van der Waals surface area contributed by atoms with Crippen molar-refractivity contribution in [3.05, 3.63) is 24.8 Å². The van der Waals surface area contributed by atoms with E-state index in [9.17, 15) is 0 Å². The molecule has 0 aliphatic rings. The molecule has 0 rings (SSSR count). The maximum atomic E-state index is 3.51. The van der Waals surface area contributed by atoms with Gasteiger partial charge in [-0.25, -0.2) is 0 Å². The largest absolute Gasteiger partial charge is 0.152 e. The average molecular weight is 114 g/mol. The average Bonchev–Trinajstić information content (AvgIpc) is 1.69. The fourth-order valence-corrected chi connectivity index (χ4v) is 0.282. The van der Waals surface area contributed by atoms with Crippen LogP contribution in [0.3, 0.4) is 0 Å². The second kappa shape index (κ2) is 5.43. The Balaban J connectivity index is 3.08. The zero-order valence-electron chi connectivity index (χ0n) is 3.87. The van der Waals surface area contributed by atoms with E-state index in [1.54, 1.807) is 5.41 Å². The summed E-state index contributed by atoms with van der Waals surface area (Å²) in [4.78, 5) is 0. The Morgan fingerprint density at radius 1 is 1.43 bits per heavy atom. The summed E-state index contributed by atoms with van der Waals surface area (Å²) >= 11 is 1.18. The van der Waals surface area contributed by atoms with Gasteiger partial charge in [-0.2, -0.15) is 5.11 Å². The van der Waals surface area contributed by atoms with Crippen LogP contribution in [-0.4, -0.2) is 0 Å². The lowest BCUT2D eigenvalue weighted by molar-refractivity contribution is 1.35. The topological polar surface area (TPSA) is 24.7 Å². The fourth-order valence-electron chi connectivity index (χ4n) is 0.0939. The van der Waals surface area contributed by atoms with Crippen molar-refractivity contribution in [1.82, 2.24) is 0 Å². The van der Waals surface area contributed by atoms with E-state index in [-0.39, 0.29) is 0 Å². The molecule has 0 aromatic carbocycles. The van der Waals surface area contributed by atoms with Crippen LogP contribution >= 0.6 is 11.9 Å². The molecular weight excluding hydrogens is 108 g/mol. The van der Waals surface area contributed by atoms with Gasteiger partial charge in [0.15, 0.2) is 0 Å². The highest BCUT2D eigenvalue weighted by atomic mass is 32.2. The Kier molecular flexibility index (Phi) is 4.99. The third-order valence-electron chi connectivity index (χ3n) is 0.250. The first-order valence-electron chi connectivity index (χ1n) is 1.69. The predicted molar refractivity (Wildman–Crippen MR) is 32.8 cm³/mol. The van der Waals surface area contributed by atoms with E-state index >= 15 is 0 Å². The second-order valence-electron chi connectivity index (χ2n) is 0.652. The van der Waals surface area contributed by atoms with E-state index in [1.807, 2.05) is 0 Å². The normalized spacial score (nSPS) is 9.14. The summed E-state index contributed by atoms with van der Waals surface area (Å²) < 4.78 is 3.51. The minimum atomic E-state index is 1.18. The van der Waals surface area contributed by atoms with Crippen LogP contribution in [0, 0.1) is 0 Å². The van der Waals surface area contributed by atoms with Crippen molar-refractivity contribution >= 4 is 11.9 Å². The molecule has 0 aromatic rings. The molecule has 0 spiro atoms. The molecule has 0 heterocycles. The molecule has 0 N–H and O–H groups in total. The quantitative estimate of drug-likeness (QED) is 0.408. The zero-order chi connectivity index (χ0) is 5.54. The van der Waals surface area contributed by atoms with Gasteiger partial charge in [0.25, 0.3) is 0 Å². The van der Waals surface area contributed by atoms with Gasteiger partial charge in [-0.1, -0.05) is 13.2 Å². The Labute approximate surface area is 47.2 Å². The summed E-state index contributed by atoms with van der Waals surface area (Å²) in [6, 6.07) is 0. The first-order chi connectivity index (χ1) is 3.41. The van der Waals surface area contributed by atoms with Crippen LogP contribution in [0.5, 0.6) is 0 Å². The number of rotatable bonds is 3. The van der Waals surface area contributed by atoms with Crippen LogP contribution in [0.1, 0.15) is 0 Å². The molecule has 2 nitrogen and oxygen atoms in total. The minimum absolute atomic E-state index is 1.18. The van der Waals surface area contributed by atoms with Crippen molar-refractivity contribution in [3.8, 4) is 0 Å². The van der Waals surface area contributed by atoms with Crippen molar-refractivity contribution in [2.45, 2.75) is 0 Å². The van der Waals surface area contributed by atoms with E-state index in [0.717, 1.165) is 0 Å². The van der Waals surface area contributed by atoms with Gasteiger partial charge >= 0.3 is 0 Å². The van der Waals surface area contributed by atoms with Gasteiger partial charge in [-0.3, -0.25) is 0 Å². The van der Waals surface area contributed by atoms with Gasteiger partial charge in [-0.15, -0.1) is 4.52 Å². The highest BCUT2D eigenvalue weighted by molar-refractivity contribution is 8.00. The fraction of sp³-hybridized carbons (Fsp3) is 0. The molecular formula is C4H6N2S. The van der Waals surface area contributed by atoms with E-state index in [0.29, 0.717) is 0 Å². The smallest absolute Gasteiger partial charge is 0.0430 e. The Hall–Kier alpha value is -0.570. The number of hydrogen-bond acceptors (Lipinski definition) is 3. The third-order valence-corrected chi connectivity index (χ3v) is 0.588. The molecule has 0 aromatic heterocycles. The zero-order valence-corrected chi connectivity index (χ0v) is 4.69. The molecule has 0 saturated carbocycles. The number of hydrogen-bond donors (Lipinski definition) is 0. The van der Waals surface area contributed by atoms with E-state index in [1.165, 1.54) is 18.1 Å². The summed E-state index contributed by atoms with van der Waals surface area (Å²) in [6.07, 6.45) is 1.37. The summed E-state index contributed by atoms with van der Waals surface area (Å²) in [5.74, 6) is 0. The van der Waals surface area contributed by atoms with Crippen molar-refractivity contribution in [1.29, 1.82) is 0 Å². The van der Waals surface area contributed by atoms with Gasteiger partial charge in [0, 0.05) is 18.1 Å². The van der Waals surface area contributed by atoms with E-state index in [2.05, 4.69) is 22.8 Å². The molecule has 38 valence electrons. The lowest BCUT2D eigenvalue weighted by Crippen LogP contribution is -1.37. The molecule has 0 aliphatic heterocycles. The minimum Gasteiger partial charge on any atom is -0.152 e. The van der Waals surface area contributed by atoms with Crippen molar-refractivity contribution in [2.75, 3.05) is 0 Å². The van der Waals surface area contributed by atoms with Crippen molar-refractivity contribution in [3.63, 3.8) is 0 Å². The molecule has 3 heteroatoms. The monoisotopic (exact) mass is 114 g/mol. The summed E-state index contributed by atoms with van der Waals surface area (Å²) in [7, 11) is 0. The third kappa shape index (κ3) is 5.43. The van der Waals surface area contributed by atoms with Crippen LogP contribution in [0.4, 0.5) is 0 Å². The molecule has 0 saturated heterocycles. The van der Waals surface area contributed by atoms with Gasteiger partial charge < -0.3 is 0 Å². The van der Waals surface area contributed by atoms with Gasteiger partial charge in [0.2, 0.25) is 0 Å². The van der Waals surface area contributed by atoms with Gasteiger partial charge in [-0.05, 0) is 5.41 Å². The predicted octanol–water partition coefficient (Wildman–Crippen LogP) is 2.37. The Morgan fingerprint density at radius 2 is 2.14 bits per heavy atom. The Morgan fingerprint density at radius 3 is 2.57 bits per heavy atom. The van der Waals surface area contributed by atoms with Crippen LogP contribution < -0.4 is 0 Å². The maximum Gasteiger partial charge on any atom is 0.0430 e. The molecule has 0 aliphatic carbocycles. The molecule has 0 atom stereocenters. The molecule has 0 radical (unpaired) electrons. The van der Waals surface area contributed by atoms with Crippen LogP contribution in [-0.2, 0) is 0 Å². The van der Waals surface area contributed by atoms with Gasteiger partial charge in [0.1, 0.15) is 0 Å². The molecule has 0 unspecified atom stereocenters. The number of nitrogens with zero attached hydrogens (tertiary/aromatic N) is 2. The summed E-state index contributed by atoms with van der Waals surface area (Å²) in [6.45, 7) is 6.73. The molecule has 0 amide bonds. The van der Waals surface area contributed by atoms with Gasteiger partial charge in [0.05, 0.1) is 0 Å². The molecule has 7 heavy (non-hydrogen) atoms. The van der Waals surface area contributed by atoms with Crippen molar-refractivity contribution in [2.24, 2.45) is 9.63 Å². The summed E-state index contributed by atoms with van der Waals surface area (Å²) in [5.41, 5.74) is 0.